The summed E-state index contributed by atoms with van der Waals surface area (Å²) >= 11 is 3.37. The van der Waals surface area contributed by atoms with Gasteiger partial charge in [0.05, 0.1) is 0 Å². The molecule has 1 saturated heterocycles. The largest absolute Gasteiger partial charge is 0.325 e. The SMILES string of the molecule is CCN(C(=O)CN1C(=O)NC(C)(c2ccc(Br)cc2)C1=O)C1=CCCCC1. The zero-order valence-corrected chi connectivity index (χ0v) is 17.2. The molecule has 3 rings (SSSR count). The maximum Gasteiger partial charge on any atom is 0.325 e. The molecular formula is C20H24BrN3O3. The van der Waals surface area contributed by atoms with Crippen LogP contribution in [0.3, 0.4) is 0 Å². The lowest BCUT2D eigenvalue weighted by atomic mass is 9.92. The van der Waals surface area contributed by atoms with Gasteiger partial charge in [0.25, 0.3) is 5.91 Å². The minimum absolute atomic E-state index is 0.228. The van der Waals surface area contributed by atoms with Crippen LogP contribution in [-0.2, 0) is 15.1 Å². The lowest BCUT2D eigenvalue weighted by Gasteiger charge is -2.28. The smallest absolute Gasteiger partial charge is 0.319 e. The van der Waals surface area contributed by atoms with E-state index in [0.29, 0.717) is 12.1 Å². The molecule has 1 aliphatic heterocycles. The van der Waals surface area contributed by atoms with Gasteiger partial charge in [0.1, 0.15) is 12.1 Å². The molecular weight excluding hydrogens is 410 g/mol. The van der Waals surface area contributed by atoms with E-state index in [0.717, 1.165) is 40.8 Å². The number of amides is 4. The highest BCUT2D eigenvalue weighted by atomic mass is 79.9. The van der Waals surface area contributed by atoms with E-state index in [-0.39, 0.29) is 12.5 Å². The fourth-order valence-electron chi connectivity index (χ4n) is 3.65. The van der Waals surface area contributed by atoms with Crippen LogP contribution in [-0.4, -0.2) is 40.7 Å². The van der Waals surface area contributed by atoms with Gasteiger partial charge in [-0.25, -0.2) is 4.79 Å². The van der Waals surface area contributed by atoms with Crippen molar-refractivity contribution in [2.45, 2.75) is 45.1 Å². The van der Waals surface area contributed by atoms with Crippen molar-refractivity contribution < 1.29 is 14.4 Å². The molecule has 0 aromatic heterocycles. The molecule has 4 amide bonds. The number of halogens is 1. The quantitative estimate of drug-likeness (QED) is 0.721. The van der Waals surface area contributed by atoms with Crippen molar-refractivity contribution in [1.29, 1.82) is 0 Å². The van der Waals surface area contributed by atoms with E-state index in [1.807, 2.05) is 19.1 Å². The van der Waals surface area contributed by atoms with Crippen molar-refractivity contribution in [2.75, 3.05) is 13.1 Å². The number of likely N-dealkylation sites (N-methyl/N-ethyl adjacent to an activating group) is 1. The zero-order chi connectivity index (χ0) is 19.6. The fourth-order valence-corrected chi connectivity index (χ4v) is 3.91. The highest BCUT2D eigenvalue weighted by Gasteiger charge is 2.49. The number of carbonyl (C=O) groups excluding carboxylic acids is 3. The summed E-state index contributed by atoms with van der Waals surface area (Å²) in [6.45, 7) is 3.85. The van der Waals surface area contributed by atoms with Crippen LogP contribution in [0.2, 0.25) is 0 Å². The van der Waals surface area contributed by atoms with Crippen LogP contribution >= 0.6 is 15.9 Å². The summed E-state index contributed by atoms with van der Waals surface area (Å²) in [7, 11) is 0. The molecule has 1 aliphatic carbocycles. The Morgan fingerprint density at radius 3 is 2.56 bits per heavy atom. The minimum atomic E-state index is -1.17. The molecule has 1 unspecified atom stereocenters. The van der Waals surface area contributed by atoms with Crippen molar-refractivity contribution in [1.82, 2.24) is 15.1 Å². The van der Waals surface area contributed by atoms with Crippen LogP contribution in [0.4, 0.5) is 4.79 Å². The minimum Gasteiger partial charge on any atom is -0.319 e. The summed E-state index contributed by atoms with van der Waals surface area (Å²) in [4.78, 5) is 41.0. The zero-order valence-electron chi connectivity index (χ0n) is 15.6. The van der Waals surface area contributed by atoms with Gasteiger partial charge in [-0.05, 0) is 57.2 Å². The standard InChI is InChI=1S/C20H24BrN3O3/c1-3-23(16-7-5-4-6-8-16)17(25)13-24-18(26)20(2,22-19(24)27)14-9-11-15(21)12-10-14/h7,9-12H,3-6,8,13H2,1-2H3,(H,22,27). The van der Waals surface area contributed by atoms with Crippen LogP contribution in [0, 0.1) is 0 Å². The lowest BCUT2D eigenvalue weighted by molar-refractivity contribution is -0.138. The van der Waals surface area contributed by atoms with Crippen molar-refractivity contribution in [3.05, 3.63) is 46.1 Å². The highest BCUT2D eigenvalue weighted by molar-refractivity contribution is 9.10. The number of benzene rings is 1. The first-order valence-corrected chi connectivity index (χ1v) is 10.1. The summed E-state index contributed by atoms with van der Waals surface area (Å²) in [5.74, 6) is -0.633. The molecule has 0 saturated carbocycles. The van der Waals surface area contributed by atoms with E-state index in [4.69, 9.17) is 0 Å². The molecule has 1 atom stereocenters. The topological polar surface area (TPSA) is 69.7 Å². The van der Waals surface area contributed by atoms with Crippen LogP contribution in [0.15, 0.2) is 40.5 Å². The molecule has 27 heavy (non-hydrogen) atoms. The molecule has 6 nitrogen and oxygen atoms in total. The normalized spacial score (nSPS) is 22.5. The van der Waals surface area contributed by atoms with Gasteiger partial charge < -0.3 is 10.2 Å². The van der Waals surface area contributed by atoms with Gasteiger partial charge in [0.15, 0.2) is 0 Å². The third-order valence-corrected chi connectivity index (χ3v) is 5.75. The molecule has 1 aromatic carbocycles. The monoisotopic (exact) mass is 433 g/mol. The number of carbonyl (C=O) groups is 3. The molecule has 1 aromatic rings. The Balaban J connectivity index is 1.78. The average Bonchev–Trinajstić information content (AvgIpc) is 2.88. The second kappa shape index (κ2) is 7.84. The lowest BCUT2D eigenvalue weighted by Crippen LogP contribution is -2.44. The predicted molar refractivity (Wildman–Crippen MR) is 106 cm³/mol. The van der Waals surface area contributed by atoms with Crippen LogP contribution in [0.1, 0.15) is 45.1 Å². The van der Waals surface area contributed by atoms with Gasteiger partial charge in [-0.15, -0.1) is 0 Å². The van der Waals surface area contributed by atoms with Crippen molar-refractivity contribution in [3.8, 4) is 0 Å². The number of nitrogens with one attached hydrogen (secondary N) is 1. The Kier molecular flexibility index (Phi) is 5.69. The summed E-state index contributed by atoms with van der Waals surface area (Å²) in [6.07, 6.45) is 6.09. The molecule has 0 bridgehead atoms. The molecule has 1 heterocycles. The van der Waals surface area contributed by atoms with Gasteiger partial charge in [-0.3, -0.25) is 14.5 Å². The van der Waals surface area contributed by atoms with Crippen molar-refractivity contribution in [2.24, 2.45) is 0 Å². The number of hydrogen-bond acceptors (Lipinski definition) is 3. The second-order valence-electron chi connectivity index (χ2n) is 7.03. The van der Waals surface area contributed by atoms with Crippen LogP contribution in [0.5, 0.6) is 0 Å². The molecule has 1 N–H and O–H groups in total. The van der Waals surface area contributed by atoms with Gasteiger partial charge in [-0.2, -0.15) is 0 Å². The summed E-state index contributed by atoms with van der Waals surface area (Å²) in [6, 6.07) is 6.69. The van der Waals surface area contributed by atoms with E-state index in [9.17, 15) is 14.4 Å². The van der Waals surface area contributed by atoms with Gasteiger partial charge >= 0.3 is 6.03 Å². The van der Waals surface area contributed by atoms with Gasteiger partial charge in [-0.1, -0.05) is 34.1 Å². The van der Waals surface area contributed by atoms with Gasteiger partial charge in [0, 0.05) is 16.7 Å². The Labute approximate surface area is 167 Å². The average molecular weight is 434 g/mol. The van der Waals surface area contributed by atoms with E-state index >= 15 is 0 Å². The second-order valence-corrected chi connectivity index (χ2v) is 7.95. The number of nitrogens with zero attached hydrogens (tertiary/aromatic N) is 2. The number of hydrogen-bond donors (Lipinski definition) is 1. The predicted octanol–water partition coefficient (Wildman–Crippen LogP) is 3.52. The van der Waals surface area contributed by atoms with Gasteiger partial charge in [0.2, 0.25) is 5.91 Å². The number of allylic oxidation sites excluding steroid dienone is 2. The Hall–Kier alpha value is -2.15. The number of imide groups is 1. The van der Waals surface area contributed by atoms with E-state index in [2.05, 4.69) is 27.3 Å². The third kappa shape index (κ3) is 3.78. The number of rotatable bonds is 5. The van der Waals surface area contributed by atoms with Crippen LogP contribution in [0.25, 0.3) is 0 Å². The summed E-state index contributed by atoms with van der Waals surface area (Å²) in [5, 5.41) is 2.74. The molecule has 2 aliphatic rings. The Morgan fingerprint density at radius 2 is 1.96 bits per heavy atom. The molecule has 0 spiro atoms. The Morgan fingerprint density at radius 1 is 1.26 bits per heavy atom. The molecule has 1 fully saturated rings. The maximum atomic E-state index is 13.0. The van der Waals surface area contributed by atoms with Crippen LogP contribution < -0.4 is 5.32 Å². The summed E-state index contributed by atoms with van der Waals surface area (Å²) < 4.78 is 0.887. The highest BCUT2D eigenvalue weighted by Crippen LogP contribution is 2.30. The van der Waals surface area contributed by atoms with Crippen molar-refractivity contribution >= 4 is 33.8 Å². The first kappa shape index (κ1) is 19.6. The molecule has 7 heteroatoms. The first-order chi connectivity index (χ1) is 12.9. The number of urea groups is 1. The Bertz CT molecular complexity index is 790. The maximum absolute atomic E-state index is 13.0. The van der Waals surface area contributed by atoms with E-state index in [1.165, 1.54) is 0 Å². The fraction of sp³-hybridized carbons (Fsp3) is 0.450. The van der Waals surface area contributed by atoms with E-state index < -0.39 is 17.5 Å². The van der Waals surface area contributed by atoms with Crippen molar-refractivity contribution in [3.63, 3.8) is 0 Å². The van der Waals surface area contributed by atoms with E-state index in [1.54, 1.807) is 24.0 Å². The molecule has 0 radical (unpaired) electrons. The third-order valence-electron chi connectivity index (χ3n) is 5.22. The first-order valence-electron chi connectivity index (χ1n) is 9.26. The summed E-state index contributed by atoms with van der Waals surface area (Å²) in [5.41, 5.74) is 0.511. The molecule has 144 valence electrons.